The fourth-order valence-electron chi connectivity index (χ4n) is 1.86. The summed E-state index contributed by atoms with van der Waals surface area (Å²) in [5.74, 6) is 0.869. The van der Waals surface area contributed by atoms with Crippen molar-refractivity contribution in [2.75, 3.05) is 38.2 Å². The number of hydrogen-bond donors (Lipinski definition) is 3. The average Bonchev–Trinajstić information content (AvgIpc) is 2.48. The van der Waals surface area contributed by atoms with Crippen LogP contribution >= 0.6 is 15.9 Å². The number of aromatic nitrogens is 2. The highest BCUT2D eigenvalue weighted by molar-refractivity contribution is 9.10. The molecule has 0 radical (unpaired) electrons. The maximum absolute atomic E-state index is 8.31. The van der Waals surface area contributed by atoms with Gasteiger partial charge >= 0.3 is 0 Å². The molecule has 0 spiro atoms. The topological polar surface area (TPSA) is 90.9 Å². The number of nitrogens with zero attached hydrogens (tertiary/aromatic N) is 3. The Labute approximate surface area is 138 Å². The molecular weight excluding hydrogens is 344 g/mol. The lowest BCUT2D eigenvalue weighted by atomic mass is 10.1. The molecule has 4 N–H and O–H groups in total. The van der Waals surface area contributed by atoms with Crippen molar-refractivity contribution < 1.29 is 0 Å². The number of halogens is 1. The van der Waals surface area contributed by atoms with Crippen LogP contribution in [0.4, 0.5) is 11.6 Å². The fourth-order valence-corrected chi connectivity index (χ4v) is 2.26. The van der Waals surface area contributed by atoms with Crippen molar-refractivity contribution in [2.45, 2.75) is 0 Å². The molecule has 0 saturated carbocycles. The summed E-state index contributed by atoms with van der Waals surface area (Å²) in [5, 5.41) is 11.5. The first kappa shape index (κ1) is 16.4. The van der Waals surface area contributed by atoms with Gasteiger partial charge in [0.2, 0.25) is 0 Å². The number of rotatable bonds is 6. The Morgan fingerprint density at radius 2 is 2.18 bits per heavy atom. The molecule has 0 unspecified atom stereocenters. The van der Waals surface area contributed by atoms with Gasteiger partial charge in [-0.25, -0.2) is 9.97 Å². The molecule has 2 rings (SSSR count). The zero-order valence-electron chi connectivity index (χ0n) is 12.6. The van der Waals surface area contributed by atoms with Gasteiger partial charge in [0.05, 0.1) is 11.9 Å². The van der Waals surface area contributed by atoms with E-state index in [0.29, 0.717) is 11.5 Å². The Balaban J connectivity index is 2.21. The molecule has 0 aliphatic rings. The monoisotopic (exact) mass is 362 g/mol. The van der Waals surface area contributed by atoms with E-state index in [1.54, 1.807) is 6.20 Å². The van der Waals surface area contributed by atoms with Crippen molar-refractivity contribution in [3.63, 3.8) is 0 Å². The smallest absolute Gasteiger partial charge is 0.151 e. The van der Waals surface area contributed by atoms with E-state index in [9.17, 15) is 0 Å². The quantitative estimate of drug-likeness (QED) is 0.685. The van der Waals surface area contributed by atoms with Crippen LogP contribution in [0.15, 0.2) is 34.9 Å². The Bertz CT molecular complexity index is 671. The minimum Gasteiger partial charge on any atom is -0.382 e. The van der Waals surface area contributed by atoms with Crippen molar-refractivity contribution in [2.24, 2.45) is 0 Å². The molecule has 116 valence electrons. The second-order valence-corrected chi connectivity index (χ2v) is 6.02. The van der Waals surface area contributed by atoms with Gasteiger partial charge in [0.1, 0.15) is 11.5 Å². The van der Waals surface area contributed by atoms with Crippen LogP contribution in [0.3, 0.4) is 0 Å². The number of benzene rings is 1. The van der Waals surface area contributed by atoms with Gasteiger partial charge < -0.3 is 16.0 Å². The lowest BCUT2D eigenvalue weighted by Gasteiger charge is -2.12. The van der Waals surface area contributed by atoms with Crippen molar-refractivity contribution in [3.8, 4) is 0 Å². The highest BCUT2D eigenvalue weighted by atomic mass is 79.9. The summed E-state index contributed by atoms with van der Waals surface area (Å²) in [6.45, 7) is 1.62. The van der Waals surface area contributed by atoms with E-state index in [1.807, 2.05) is 38.4 Å². The van der Waals surface area contributed by atoms with Crippen LogP contribution in [0.25, 0.3) is 0 Å². The lowest BCUT2D eigenvalue weighted by Crippen LogP contribution is -2.21. The van der Waals surface area contributed by atoms with E-state index in [4.69, 9.17) is 11.1 Å². The van der Waals surface area contributed by atoms with Gasteiger partial charge in [-0.1, -0.05) is 28.1 Å². The number of hydrogen-bond acceptors (Lipinski definition) is 6. The van der Waals surface area contributed by atoms with Crippen LogP contribution in [0.2, 0.25) is 0 Å². The molecule has 0 aliphatic heterocycles. The molecule has 0 fully saturated rings. The summed E-state index contributed by atoms with van der Waals surface area (Å²) in [4.78, 5) is 10.6. The number of nitrogen functional groups attached to an aromatic ring is 1. The Morgan fingerprint density at radius 3 is 2.86 bits per heavy atom. The van der Waals surface area contributed by atoms with Crippen molar-refractivity contribution in [3.05, 3.63) is 46.2 Å². The molecule has 6 nitrogen and oxygen atoms in total. The minimum absolute atomic E-state index is 0.252. The normalized spacial score (nSPS) is 10.7. The first-order valence-corrected chi connectivity index (χ1v) is 7.62. The van der Waals surface area contributed by atoms with Gasteiger partial charge in [0.25, 0.3) is 0 Å². The summed E-state index contributed by atoms with van der Waals surface area (Å²) >= 11 is 3.40. The summed E-state index contributed by atoms with van der Waals surface area (Å²) in [7, 11) is 4.01. The van der Waals surface area contributed by atoms with Crippen LogP contribution < -0.4 is 11.1 Å². The second-order valence-electron chi connectivity index (χ2n) is 5.10. The zero-order valence-corrected chi connectivity index (χ0v) is 14.2. The number of anilines is 2. The highest BCUT2D eigenvalue weighted by Gasteiger charge is 2.13. The first-order chi connectivity index (χ1) is 10.5. The fraction of sp³-hybridized carbons (Fsp3) is 0.267. The van der Waals surface area contributed by atoms with E-state index in [-0.39, 0.29) is 11.5 Å². The summed E-state index contributed by atoms with van der Waals surface area (Å²) in [6, 6.07) is 7.48. The van der Waals surface area contributed by atoms with Crippen molar-refractivity contribution >= 4 is 33.3 Å². The maximum atomic E-state index is 8.31. The summed E-state index contributed by atoms with van der Waals surface area (Å²) in [5.41, 5.74) is 7.25. The van der Waals surface area contributed by atoms with Crippen LogP contribution in [0.1, 0.15) is 11.3 Å². The molecule has 22 heavy (non-hydrogen) atoms. The van der Waals surface area contributed by atoms with Crippen LogP contribution in [-0.4, -0.2) is 47.8 Å². The average molecular weight is 363 g/mol. The van der Waals surface area contributed by atoms with Gasteiger partial charge in [0.15, 0.2) is 5.82 Å². The predicted molar refractivity (Wildman–Crippen MR) is 93.6 cm³/mol. The molecular formula is C15H19BrN6. The van der Waals surface area contributed by atoms with E-state index >= 15 is 0 Å². The van der Waals surface area contributed by atoms with Crippen LogP contribution in [-0.2, 0) is 0 Å². The molecule has 1 aromatic carbocycles. The summed E-state index contributed by atoms with van der Waals surface area (Å²) in [6.07, 6.45) is 1.59. The summed E-state index contributed by atoms with van der Waals surface area (Å²) < 4.78 is 0.904. The number of likely N-dealkylation sites (N-methyl/N-ethyl adjacent to an activating group) is 1. The second kappa shape index (κ2) is 7.33. The van der Waals surface area contributed by atoms with E-state index in [1.165, 1.54) is 0 Å². The molecule has 7 heteroatoms. The third-order valence-electron chi connectivity index (χ3n) is 3.02. The molecule has 0 aliphatic carbocycles. The highest BCUT2D eigenvalue weighted by Crippen LogP contribution is 2.18. The molecule has 0 atom stereocenters. The third-order valence-corrected chi connectivity index (χ3v) is 3.51. The Hall–Kier alpha value is -1.99. The first-order valence-electron chi connectivity index (χ1n) is 6.83. The van der Waals surface area contributed by atoms with Crippen LogP contribution in [0, 0.1) is 5.41 Å². The minimum atomic E-state index is 0.252. The molecule has 0 bridgehead atoms. The molecule has 1 heterocycles. The molecule has 1 aromatic heterocycles. The molecule has 0 amide bonds. The van der Waals surface area contributed by atoms with E-state index in [2.05, 4.69) is 36.1 Å². The van der Waals surface area contributed by atoms with Gasteiger partial charge in [0, 0.05) is 23.1 Å². The SMILES string of the molecule is CN(C)CCNc1cnc(N)c(C(=N)c2cccc(Br)c2)n1. The van der Waals surface area contributed by atoms with Gasteiger partial charge in [-0.3, -0.25) is 5.41 Å². The van der Waals surface area contributed by atoms with Crippen molar-refractivity contribution in [1.29, 1.82) is 5.41 Å². The number of nitrogens with two attached hydrogens (primary N) is 1. The third kappa shape index (κ3) is 4.25. The maximum Gasteiger partial charge on any atom is 0.151 e. The standard InChI is InChI=1S/C15H19BrN6/c1-22(2)7-6-19-12-9-20-15(18)14(21-12)13(17)10-4-3-5-11(16)8-10/h3-5,8-9,17H,6-7H2,1-2H3,(H2,18,20)(H,19,21). The van der Waals surface area contributed by atoms with Gasteiger partial charge in [-0.15, -0.1) is 0 Å². The lowest BCUT2D eigenvalue weighted by molar-refractivity contribution is 0.425. The molecule has 2 aromatic rings. The predicted octanol–water partition coefficient (Wildman–Crippen LogP) is 2.21. The number of nitrogens with one attached hydrogen (secondary N) is 2. The Morgan fingerprint density at radius 1 is 1.41 bits per heavy atom. The van der Waals surface area contributed by atoms with Gasteiger partial charge in [-0.2, -0.15) is 0 Å². The molecule has 0 saturated heterocycles. The van der Waals surface area contributed by atoms with Crippen LogP contribution in [0.5, 0.6) is 0 Å². The van der Waals surface area contributed by atoms with E-state index < -0.39 is 0 Å². The van der Waals surface area contributed by atoms with Crippen molar-refractivity contribution in [1.82, 2.24) is 14.9 Å². The Kier molecular flexibility index (Phi) is 5.46. The van der Waals surface area contributed by atoms with E-state index in [0.717, 1.165) is 23.1 Å². The zero-order chi connectivity index (χ0) is 16.1. The largest absolute Gasteiger partial charge is 0.382 e. The van der Waals surface area contributed by atoms with Gasteiger partial charge in [-0.05, 0) is 26.2 Å².